The van der Waals surface area contributed by atoms with Crippen LogP contribution in [-0.4, -0.2) is 10.00 Å². The molecule has 0 aromatic rings. The zero-order valence-electron chi connectivity index (χ0n) is 9.88. The first-order chi connectivity index (χ1) is 7.10. The van der Waals surface area contributed by atoms with E-state index in [0.29, 0.717) is 10.7 Å². The predicted octanol–water partition coefficient (Wildman–Crippen LogP) is 4.13. The van der Waals surface area contributed by atoms with Crippen LogP contribution >= 0.6 is 11.8 Å². The Kier molecular flexibility index (Phi) is 3.03. The lowest BCUT2D eigenvalue weighted by Gasteiger charge is -2.55. The molecule has 0 aromatic carbocycles. The molecule has 0 aliphatic heterocycles. The van der Waals surface area contributed by atoms with E-state index in [1.54, 1.807) is 0 Å². The predicted molar refractivity (Wildman–Crippen MR) is 65.8 cm³/mol. The molecule has 84 valence electrons. The molecule has 0 aromatic heterocycles. The van der Waals surface area contributed by atoms with E-state index >= 15 is 0 Å². The first kappa shape index (κ1) is 11.3. The van der Waals surface area contributed by atoms with Crippen molar-refractivity contribution in [1.82, 2.24) is 0 Å². The number of hydrogen-bond donors (Lipinski definition) is 0. The Balaban J connectivity index is 1.96. The summed E-state index contributed by atoms with van der Waals surface area (Å²) in [4.78, 5) is 0. The number of nitriles is 1. The van der Waals surface area contributed by atoms with E-state index in [1.165, 1.54) is 44.9 Å². The van der Waals surface area contributed by atoms with Gasteiger partial charge in [0.2, 0.25) is 0 Å². The lowest BCUT2D eigenvalue weighted by molar-refractivity contribution is 0.0591. The van der Waals surface area contributed by atoms with Gasteiger partial charge in [-0.2, -0.15) is 5.26 Å². The summed E-state index contributed by atoms with van der Waals surface area (Å²) >= 11 is 1.90. The third-order valence-corrected chi connectivity index (χ3v) is 5.20. The Labute approximate surface area is 97.6 Å². The summed E-state index contributed by atoms with van der Waals surface area (Å²) in [6.45, 7) is 4.41. The molecule has 2 rings (SSSR count). The summed E-state index contributed by atoms with van der Waals surface area (Å²) in [5, 5.41) is 9.92. The topological polar surface area (TPSA) is 23.8 Å². The SMILES string of the molecule is CC(C)SC1(C#N)CC2(CCCCC2)C1. The lowest BCUT2D eigenvalue weighted by Crippen LogP contribution is -2.50. The van der Waals surface area contributed by atoms with Gasteiger partial charge < -0.3 is 0 Å². The first-order valence-electron chi connectivity index (χ1n) is 6.19. The Hall–Kier alpha value is -0.160. The van der Waals surface area contributed by atoms with Crippen LogP contribution in [0.25, 0.3) is 0 Å². The summed E-state index contributed by atoms with van der Waals surface area (Å²) in [6.07, 6.45) is 9.31. The number of nitrogens with zero attached hydrogens (tertiary/aromatic N) is 1. The van der Waals surface area contributed by atoms with Crippen LogP contribution in [-0.2, 0) is 0 Å². The van der Waals surface area contributed by atoms with Crippen LogP contribution in [0.5, 0.6) is 0 Å². The molecule has 0 saturated heterocycles. The molecule has 0 unspecified atom stereocenters. The van der Waals surface area contributed by atoms with E-state index in [0.717, 1.165) is 0 Å². The Bertz CT molecular complexity index is 263. The maximum Gasteiger partial charge on any atom is 0.104 e. The molecule has 0 atom stereocenters. The van der Waals surface area contributed by atoms with Gasteiger partial charge in [0, 0.05) is 5.25 Å². The maximum atomic E-state index is 9.33. The molecule has 15 heavy (non-hydrogen) atoms. The minimum atomic E-state index is -0.0223. The van der Waals surface area contributed by atoms with E-state index in [2.05, 4.69) is 19.9 Å². The molecule has 1 spiro atoms. The highest BCUT2D eigenvalue weighted by Gasteiger charge is 2.55. The van der Waals surface area contributed by atoms with Crippen molar-refractivity contribution in [3.05, 3.63) is 0 Å². The van der Waals surface area contributed by atoms with Gasteiger partial charge in [0.25, 0.3) is 0 Å². The summed E-state index contributed by atoms with van der Waals surface area (Å²) < 4.78 is -0.0223. The van der Waals surface area contributed by atoms with Crippen molar-refractivity contribution in [1.29, 1.82) is 5.26 Å². The number of rotatable bonds is 2. The molecule has 0 N–H and O–H groups in total. The molecular formula is C13H21NS. The lowest BCUT2D eigenvalue weighted by atomic mass is 9.56. The molecule has 2 aliphatic carbocycles. The largest absolute Gasteiger partial charge is 0.197 e. The van der Waals surface area contributed by atoms with Gasteiger partial charge >= 0.3 is 0 Å². The van der Waals surface area contributed by atoms with Gasteiger partial charge in [0.05, 0.1) is 6.07 Å². The van der Waals surface area contributed by atoms with Gasteiger partial charge in [-0.15, -0.1) is 11.8 Å². The highest BCUT2D eigenvalue weighted by atomic mass is 32.2. The van der Waals surface area contributed by atoms with Crippen LogP contribution in [0.3, 0.4) is 0 Å². The van der Waals surface area contributed by atoms with Crippen molar-refractivity contribution in [2.45, 2.75) is 68.8 Å². The fourth-order valence-corrected chi connectivity index (χ4v) is 5.19. The van der Waals surface area contributed by atoms with Crippen molar-refractivity contribution in [2.75, 3.05) is 0 Å². The van der Waals surface area contributed by atoms with Gasteiger partial charge in [-0.25, -0.2) is 0 Å². The van der Waals surface area contributed by atoms with E-state index in [1.807, 2.05) is 11.8 Å². The average Bonchev–Trinajstić information content (AvgIpc) is 2.15. The van der Waals surface area contributed by atoms with Crippen LogP contribution < -0.4 is 0 Å². The number of thioether (sulfide) groups is 1. The van der Waals surface area contributed by atoms with Crippen molar-refractivity contribution in [3.63, 3.8) is 0 Å². The monoisotopic (exact) mass is 223 g/mol. The van der Waals surface area contributed by atoms with Gasteiger partial charge in [-0.05, 0) is 31.1 Å². The van der Waals surface area contributed by atoms with Crippen molar-refractivity contribution >= 4 is 11.8 Å². The fourth-order valence-electron chi connectivity index (χ4n) is 3.45. The van der Waals surface area contributed by atoms with Crippen LogP contribution in [0.15, 0.2) is 0 Å². The van der Waals surface area contributed by atoms with E-state index in [9.17, 15) is 5.26 Å². The third kappa shape index (κ3) is 2.18. The summed E-state index contributed by atoms with van der Waals surface area (Å²) in [6, 6.07) is 2.58. The molecule has 0 amide bonds. The maximum absolute atomic E-state index is 9.33. The number of hydrogen-bond acceptors (Lipinski definition) is 2. The van der Waals surface area contributed by atoms with Gasteiger partial charge in [-0.3, -0.25) is 0 Å². The Morgan fingerprint density at radius 2 is 1.73 bits per heavy atom. The Morgan fingerprint density at radius 3 is 2.20 bits per heavy atom. The minimum Gasteiger partial charge on any atom is -0.197 e. The molecular weight excluding hydrogens is 202 g/mol. The normalized spacial score (nSPS) is 27.3. The molecule has 1 nitrogen and oxygen atoms in total. The second kappa shape index (κ2) is 4.01. The van der Waals surface area contributed by atoms with Crippen LogP contribution in [0, 0.1) is 16.7 Å². The fraction of sp³-hybridized carbons (Fsp3) is 0.923. The molecule has 2 saturated carbocycles. The standard InChI is InChI=1S/C13H21NS/c1-11(2)15-13(10-14)8-12(9-13)6-4-3-5-7-12/h11H,3-9H2,1-2H3. The van der Waals surface area contributed by atoms with Gasteiger partial charge in [0.1, 0.15) is 4.75 Å². The summed E-state index contributed by atoms with van der Waals surface area (Å²) in [5.74, 6) is 0. The zero-order chi connectivity index (χ0) is 10.9. The average molecular weight is 223 g/mol. The van der Waals surface area contributed by atoms with Gasteiger partial charge in [-0.1, -0.05) is 33.1 Å². The van der Waals surface area contributed by atoms with E-state index in [4.69, 9.17) is 0 Å². The second-order valence-electron chi connectivity index (χ2n) is 5.69. The van der Waals surface area contributed by atoms with Gasteiger partial charge in [0.15, 0.2) is 0 Å². The summed E-state index contributed by atoms with van der Waals surface area (Å²) in [5.41, 5.74) is 0.579. The minimum absolute atomic E-state index is 0.0223. The molecule has 0 radical (unpaired) electrons. The summed E-state index contributed by atoms with van der Waals surface area (Å²) in [7, 11) is 0. The van der Waals surface area contributed by atoms with Crippen molar-refractivity contribution in [2.24, 2.45) is 5.41 Å². The highest BCUT2D eigenvalue weighted by molar-refractivity contribution is 8.01. The smallest absolute Gasteiger partial charge is 0.104 e. The van der Waals surface area contributed by atoms with E-state index in [-0.39, 0.29) is 4.75 Å². The molecule has 0 heterocycles. The van der Waals surface area contributed by atoms with Crippen molar-refractivity contribution in [3.8, 4) is 6.07 Å². The van der Waals surface area contributed by atoms with Crippen LogP contribution in [0.1, 0.15) is 58.8 Å². The first-order valence-corrected chi connectivity index (χ1v) is 7.07. The van der Waals surface area contributed by atoms with Crippen LogP contribution in [0.2, 0.25) is 0 Å². The van der Waals surface area contributed by atoms with Crippen LogP contribution in [0.4, 0.5) is 0 Å². The molecule has 0 bridgehead atoms. The zero-order valence-corrected chi connectivity index (χ0v) is 10.7. The molecule has 2 fully saturated rings. The van der Waals surface area contributed by atoms with Crippen molar-refractivity contribution < 1.29 is 0 Å². The third-order valence-electron chi connectivity index (χ3n) is 3.90. The Morgan fingerprint density at radius 1 is 1.13 bits per heavy atom. The van der Waals surface area contributed by atoms with E-state index < -0.39 is 0 Å². The second-order valence-corrected chi connectivity index (χ2v) is 7.65. The quantitative estimate of drug-likeness (QED) is 0.702. The molecule has 2 heteroatoms. The molecule has 2 aliphatic rings. The highest BCUT2D eigenvalue weighted by Crippen LogP contribution is 2.62.